The lowest BCUT2D eigenvalue weighted by Gasteiger charge is -2.11. The molecule has 134 valence electrons. The number of hydrogen-bond acceptors (Lipinski definition) is 5. The van der Waals surface area contributed by atoms with Crippen molar-refractivity contribution in [3.05, 3.63) is 64.8 Å². The molecule has 1 aromatic heterocycles. The maximum atomic E-state index is 12.3. The van der Waals surface area contributed by atoms with Crippen molar-refractivity contribution in [1.29, 1.82) is 0 Å². The van der Waals surface area contributed by atoms with Crippen molar-refractivity contribution in [1.82, 2.24) is 4.98 Å². The number of carbonyl (C=O) groups excluding carboxylic acids is 1. The van der Waals surface area contributed by atoms with Gasteiger partial charge in [0, 0.05) is 22.5 Å². The van der Waals surface area contributed by atoms with Crippen LogP contribution in [-0.4, -0.2) is 19.3 Å². The van der Waals surface area contributed by atoms with E-state index in [1.54, 1.807) is 48.1 Å². The molecule has 1 amide bonds. The number of halogens is 1. The third-order valence-corrected chi connectivity index (χ3v) is 5.70. The van der Waals surface area contributed by atoms with Gasteiger partial charge in [0.25, 0.3) is 0 Å². The molecule has 0 spiro atoms. The molecule has 0 unspecified atom stereocenters. The zero-order chi connectivity index (χ0) is 18.7. The molecule has 0 bridgehead atoms. The molecule has 0 fully saturated rings. The average Bonchev–Trinajstić information content (AvgIpc) is 3.10. The summed E-state index contributed by atoms with van der Waals surface area (Å²) in [5, 5.41) is 8.50. The molecule has 3 N–H and O–H groups in total. The third kappa shape index (κ3) is 4.28. The van der Waals surface area contributed by atoms with Crippen LogP contribution in [0.1, 0.15) is 5.56 Å². The summed E-state index contributed by atoms with van der Waals surface area (Å²) in [6, 6.07) is 11.6. The van der Waals surface area contributed by atoms with Crippen LogP contribution in [0.5, 0.6) is 0 Å². The summed E-state index contributed by atoms with van der Waals surface area (Å²) < 4.78 is 23.9. The number of amides is 1. The fourth-order valence-corrected chi connectivity index (χ4v) is 4.11. The van der Waals surface area contributed by atoms with E-state index in [0.29, 0.717) is 26.7 Å². The Bertz CT molecular complexity index is 1050. The fraction of sp³-hybridized carbons (Fsp3) is 0.0588. The predicted octanol–water partition coefficient (Wildman–Crippen LogP) is 3.29. The number of nitrogens with zero attached hydrogens (tertiary/aromatic N) is 1. The van der Waals surface area contributed by atoms with Gasteiger partial charge in [-0.3, -0.25) is 9.78 Å². The Kier molecular flexibility index (Phi) is 5.38. The van der Waals surface area contributed by atoms with Gasteiger partial charge in [0.1, 0.15) is 0 Å². The average molecular weight is 408 g/mol. The van der Waals surface area contributed by atoms with Crippen LogP contribution < -0.4 is 10.5 Å². The first-order valence-corrected chi connectivity index (χ1v) is 10.2. The van der Waals surface area contributed by atoms with Crippen LogP contribution in [-0.2, 0) is 21.2 Å². The number of anilines is 1. The standard InChI is InChI=1S/C17H14ClN3O3S2/c18-14-4-2-1-3-11(14)7-17(22)21-12-5-6-13(15-9-20-10-25-15)16(8-12)26(19,23)24/h1-6,8-10H,7H2,(H,21,22)(H2,19,23,24). The summed E-state index contributed by atoms with van der Waals surface area (Å²) in [7, 11) is -3.98. The number of nitrogens with one attached hydrogen (secondary N) is 1. The van der Waals surface area contributed by atoms with E-state index in [4.69, 9.17) is 16.7 Å². The summed E-state index contributed by atoms with van der Waals surface area (Å²) in [5.74, 6) is -0.316. The van der Waals surface area contributed by atoms with Crippen molar-refractivity contribution in [2.45, 2.75) is 11.3 Å². The normalized spacial score (nSPS) is 11.3. The Hall–Kier alpha value is -2.26. The Morgan fingerprint density at radius 3 is 2.65 bits per heavy atom. The van der Waals surface area contributed by atoms with Gasteiger partial charge in [-0.2, -0.15) is 0 Å². The minimum absolute atomic E-state index is 0.0704. The van der Waals surface area contributed by atoms with Crippen LogP contribution >= 0.6 is 22.9 Å². The SMILES string of the molecule is NS(=O)(=O)c1cc(NC(=O)Cc2ccccc2Cl)ccc1-c1cncs1. The van der Waals surface area contributed by atoms with Crippen LogP contribution in [0.25, 0.3) is 10.4 Å². The Morgan fingerprint density at radius 2 is 2.00 bits per heavy atom. The molecule has 2 aromatic carbocycles. The lowest BCUT2D eigenvalue weighted by atomic mass is 10.1. The molecule has 0 saturated carbocycles. The van der Waals surface area contributed by atoms with Crippen molar-refractivity contribution >= 4 is 44.6 Å². The number of sulfonamides is 1. The van der Waals surface area contributed by atoms with Gasteiger partial charge in [0.15, 0.2) is 0 Å². The van der Waals surface area contributed by atoms with Crippen molar-refractivity contribution in [2.24, 2.45) is 5.14 Å². The second-order valence-electron chi connectivity index (χ2n) is 5.44. The van der Waals surface area contributed by atoms with Gasteiger partial charge in [-0.15, -0.1) is 11.3 Å². The lowest BCUT2D eigenvalue weighted by Crippen LogP contribution is -2.17. The topological polar surface area (TPSA) is 102 Å². The van der Waals surface area contributed by atoms with Gasteiger partial charge in [0.05, 0.1) is 21.7 Å². The molecule has 0 aliphatic rings. The largest absolute Gasteiger partial charge is 0.326 e. The molecule has 0 aliphatic carbocycles. The molecular formula is C17H14ClN3O3S2. The number of benzene rings is 2. The first-order valence-electron chi connectivity index (χ1n) is 7.43. The third-order valence-electron chi connectivity index (χ3n) is 3.58. The summed E-state index contributed by atoms with van der Waals surface area (Å²) in [6.45, 7) is 0. The number of hydrogen-bond donors (Lipinski definition) is 2. The molecule has 1 heterocycles. The van der Waals surface area contributed by atoms with Gasteiger partial charge < -0.3 is 5.32 Å². The molecule has 6 nitrogen and oxygen atoms in total. The summed E-state index contributed by atoms with van der Waals surface area (Å²) in [4.78, 5) is 16.8. The minimum atomic E-state index is -3.98. The number of aromatic nitrogens is 1. The van der Waals surface area contributed by atoms with E-state index >= 15 is 0 Å². The number of carbonyl (C=O) groups is 1. The van der Waals surface area contributed by atoms with Gasteiger partial charge in [0.2, 0.25) is 15.9 Å². The van der Waals surface area contributed by atoms with E-state index in [-0.39, 0.29) is 17.2 Å². The van der Waals surface area contributed by atoms with Crippen molar-refractivity contribution in [3.8, 4) is 10.4 Å². The molecule has 0 radical (unpaired) electrons. The van der Waals surface area contributed by atoms with Gasteiger partial charge in [-0.25, -0.2) is 13.6 Å². The second kappa shape index (κ2) is 7.55. The summed E-state index contributed by atoms with van der Waals surface area (Å²) >= 11 is 7.35. The fourth-order valence-electron chi connectivity index (χ4n) is 2.41. The number of rotatable bonds is 5. The number of thiazole rings is 1. The molecule has 26 heavy (non-hydrogen) atoms. The Balaban J connectivity index is 1.87. The maximum absolute atomic E-state index is 12.3. The van der Waals surface area contributed by atoms with Crippen molar-refractivity contribution in [3.63, 3.8) is 0 Å². The monoisotopic (exact) mass is 407 g/mol. The Morgan fingerprint density at radius 1 is 1.23 bits per heavy atom. The number of primary sulfonamides is 1. The molecule has 9 heteroatoms. The van der Waals surface area contributed by atoms with Crippen LogP contribution in [0.15, 0.2) is 59.1 Å². The van der Waals surface area contributed by atoms with E-state index in [2.05, 4.69) is 10.3 Å². The quantitative estimate of drug-likeness (QED) is 0.677. The van der Waals surface area contributed by atoms with Gasteiger partial charge in [-0.1, -0.05) is 35.9 Å². The molecule has 3 rings (SSSR count). The zero-order valence-electron chi connectivity index (χ0n) is 13.3. The first-order chi connectivity index (χ1) is 12.3. The predicted molar refractivity (Wildman–Crippen MR) is 103 cm³/mol. The van der Waals surface area contributed by atoms with E-state index in [9.17, 15) is 13.2 Å². The summed E-state index contributed by atoms with van der Waals surface area (Å²) in [6.07, 6.45) is 1.63. The van der Waals surface area contributed by atoms with E-state index in [0.717, 1.165) is 0 Å². The highest BCUT2D eigenvalue weighted by Gasteiger charge is 2.18. The van der Waals surface area contributed by atoms with E-state index in [1.165, 1.54) is 17.4 Å². The lowest BCUT2D eigenvalue weighted by molar-refractivity contribution is -0.115. The van der Waals surface area contributed by atoms with Crippen LogP contribution in [0.2, 0.25) is 5.02 Å². The highest BCUT2D eigenvalue weighted by molar-refractivity contribution is 7.89. The van der Waals surface area contributed by atoms with Gasteiger partial charge in [-0.05, 0) is 23.8 Å². The molecule has 0 saturated heterocycles. The van der Waals surface area contributed by atoms with E-state index in [1.807, 2.05) is 0 Å². The Labute approximate surface area is 159 Å². The second-order valence-corrected chi connectivity index (χ2v) is 8.26. The molecular weight excluding hydrogens is 394 g/mol. The van der Waals surface area contributed by atoms with Crippen LogP contribution in [0.3, 0.4) is 0 Å². The smallest absolute Gasteiger partial charge is 0.238 e. The molecule has 0 aliphatic heterocycles. The van der Waals surface area contributed by atoms with Crippen molar-refractivity contribution < 1.29 is 13.2 Å². The molecule has 0 atom stereocenters. The van der Waals surface area contributed by atoms with Gasteiger partial charge >= 0.3 is 0 Å². The summed E-state index contributed by atoms with van der Waals surface area (Å²) in [5.41, 5.74) is 3.06. The van der Waals surface area contributed by atoms with Crippen LogP contribution in [0.4, 0.5) is 5.69 Å². The minimum Gasteiger partial charge on any atom is -0.326 e. The first kappa shape index (κ1) is 18.5. The van der Waals surface area contributed by atoms with Crippen LogP contribution in [0, 0.1) is 0 Å². The highest BCUT2D eigenvalue weighted by Crippen LogP contribution is 2.31. The highest BCUT2D eigenvalue weighted by atomic mass is 35.5. The zero-order valence-corrected chi connectivity index (χ0v) is 15.7. The maximum Gasteiger partial charge on any atom is 0.238 e. The van der Waals surface area contributed by atoms with Crippen molar-refractivity contribution in [2.75, 3.05) is 5.32 Å². The van der Waals surface area contributed by atoms with E-state index < -0.39 is 10.0 Å². The molecule has 3 aromatic rings. The number of nitrogens with two attached hydrogens (primary N) is 1.